The van der Waals surface area contributed by atoms with Crippen LogP contribution >= 0.6 is 0 Å². The van der Waals surface area contributed by atoms with Crippen molar-refractivity contribution in [1.82, 2.24) is 19.6 Å². The van der Waals surface area contributed by atoms with E-state index in [4.69, 9.17) is 5.11 Å². The fourth-order valence-corrected chi connectivity index (χ4v) is 4.66. The van der Waals surface area contributed by atoms with E-state index in [1.165, 1.54) is 35.4 Å². The number of amides is 1. The summed E-state index contributed by atoms with van der Waals surface area (Å²) in [5.74, 6) is -1.12. The minimum absolute atomic E-state index is 0.107. The lowest BCUT2D eigenvalue weighted by molar-refractivity contribution is 0.0689. The molecule has 29 heavy (non-hydrogen) atoms. The molecule has 0 saturated carbocycles. The van der Waals surface area contributed by atoms with E-state index in [0.717, 1.165) is 37.2 Å². The molecule has 0 unspecified atom stereocenters. The number of aromatic carboxylic acids is 1. The summed E-state index contributed by atoms with van der Waals surface area (Å²) in [6, 6.07) is 7.64. The third kappa shape index (κ3) is 3.92. The Bertz CT molecular complexity index is 928. The summed E-state index contributed by atoms with van der Waals surface area (Å²) >= 11 is 0. The molecule has 2 saturated heterocycles. The van der Waals surface area contributed by atoms with E-state index in [0.29, 0.717) is 13.1 Å². The summed E-state index contributed by atoms with van der Waals surface area (Å²) in [5, 5.41) is 12.9. The molecule has 2 aromatic rings. The predicted molar refractivity (Wildman–Crippen MR) is 109 cm³/mol. The Morgan fingerprint density at radius 2 is 1.83 bits per heavy atom. The lowest BCUT2D eigenvalue weighted by Crippen LogP contribution is -2.45. The van der Waals surface area contributed by atoms with Gasteiger partial charge in [-0.1, -0.05) is 18.2 Å². The molecule has 1 N–H and O–H groups in total. The Labute approximate surface area is 170 Å². The van der Waals surface area contributed by atoms with Crippen LogP contribution in [0.1, 0.15) is 46.4 Å². The number of hydrogen-bond donors (Lipinski definition) is 1. The number of aryl methyl sites for hydroxylation is 1. The zero-order chi connectivity index (χ0) is 20.6. The number of nitrogens with zero attached hydrogens (tertiary/aromatic N) is 4. The molecule has 1 amide bonds. The Morgan fingerprint density at radius 3 is 2.52 bits per heavy atom. The first-order valence-electron chi connectivity index (χ1n) is 10.2. The van der Waals surface area contributed by atoms with Crippen LogP contribution in [0.15, 0.2) is 30.5 Å². The van der Waals surface area contributed by atoms with Gasteiger partial charge in [-0.2, -0.15) is 9.78 Å². The number of likely N-dealkylation sites (tertiary alicyclic amines) is 2. The van der Waals surface area contributed by atoms with Gasteiger partial charge in [0.25, 0.3) is 0 Å². The highest BCUT2D eigenvalue weighted by Crippen LogP contribution is 2.41. The molecule has 2 aliphatic heterocycles. The van der Waals surface area contributed by atoms with Crippen molar-refractivity contribution >= 4 is 12.0 Å². The monoisotopic (exact) mass is 396 g/mol. The summed E-state index contributed by atoms with van der Waals surface area (Å²) in [6.45, 7) is 8.91. The van der Waals surface area contributed by atoms with Crippen LogP contribution in [-0.4, -0.2) is 62.9 Å². The average Bonchev–Trinajstić information content (AvgIpc) is 3.34. The Morgan fingerprint density at radius 1 is 1.10 bits per heavy atom. The number of hydrogen-bond acceptors (Lipinski definition) is 4. The van der Waals surface area contributed by atoms with Crippen molar-refractivity contribution < 1.29 is 14.7 Å². The summed E-state index contributed by atoms with van der Waals surface area (Å²) in [6.07, 6.45) is 4.56. The molecule has 154 valence electrons. The fourth-order valence-electron chi connectivity index (χ4n) is 4.66. The highest BCUT2D eigenvalue weighted by molar-refractivity contribution is 5.86. The molecule has 4 rings (SSSR count). The second kappa shape index (κ2) is 7.63. The van der Waals surface area contributed by atoms with Crippen molar-refractivity contribution in [2.24, 2.45) is 5.41 Å². The number of carboxylic acid groups (broad SMARTS) is 1. The molecule has 2 aliphatic rings. The first-order valence-corrected chi connectivity index (χ1v) is 10.2. The second-order valence-corrected chi connectivity index (χ2v) is 8.54. The van der Waals surface area contributed by atoms with Crippen molar-refractivity contribution in [1.29, 1.82) is 0 Å². The van der Waals surface area contributed by atoms with Crippen LogP contribution in [0.25, 0.3) is 0 Å². The van der Waals surface area contributed by atoms with E-state index in [-0.39, 0.29) is 17.1 Å². The third-order valence-corrected chi connectivity index (χ3v) is 6.73. The van der Waals surface area contributed by atoms with Gasteiger partial charge >= 0.3 is 12.0 Å². The SMILES string of the molecule is Cc1cccc(CN2CCC3(CCN(C(=O)n4ccc(C(=O)O)n4)CC3)C2)c1C. The fraction of sp³-hybridized carbons (Fsp3) is 0.500. The topological polar surface area (TPSA) is 78.7 Å². The van der Waals surface area contributed by atoms with Gasteiger partial charge in [-0.25, -0.2) is 9.59 Å². The van der Waals surface area contributed by atoms with Gasteiger partial charge in [-0.05, 0) is 67.8 Å². The molecular formula is C22H28N4O3. The Hall–Kier alpha value is -2.67. The summed E-state index contributed by atoms with van der Waals surface area (Å²) in [4.78, 5) is 28.0. The van der Waals surface area contributed by atoms with Gasteiger partial charge in [0.2, 0.25) is 0 Å². The lowest BCUT2D eigenvalue weighted by atomic mass is 9.78. The molecule has 2 fully saturated rings. The molecule has 7 heteroatoms. The summed E-state index contributed by atoms with van der Waals surface area (Å²) < 4.78 is 1.14. The number of aromatic nitrogens is 2. The Kier molecular flexibility index (Phi) is 5.17. The minimum atomic E-state index is -1.12. The molecule has 0 bridgehead atoms. The summed E-state index contributed by atoms with van der Waals surface area (Å²) in [5.41, 5.74) is 4.30. The van der Waals surface area contributed by atoms with Crippen molar-refractivity contribution in [3.05, 3.63) is 52.8 Å². The molecule has 1 spiro atoms. The van der Waals surface area contributed by atoms with Crippen molar-refractivity contribution in [3.8, 4) is 0 Å². The number of carbonyl (C=O) groups is 2. The van der Waals surface area contributed by atoms with Crippen LogP contribution in [0.2, 0.25) is 0 Å². The maximum Gasteiger partial charge on any atom is 0.356 e. The third-order valence-electron chi connectivity index (χ3n) is 6.73. The number of rotatable bonds is 3. The zero-order valence-corrected chi connectivity index (χ0v) is 17.1. The number of benzene rings is 1. The van der Waals surface area contributed by atoms with E-state index >= 15 is 0 Å². The van der Waals surface area contributed by atoms with Crippen LogP contribution in [0, 0.1) is 19.3 Å². The molecule has 0 aliphatic carbocycles. The van der Waals surface area contributed by atoms with Gasteiger partial charge in [-0.3, -0.25) is 4.90 Å². The van der Waals surface area contributed by atoms with E-state index in [1.54, 1.807) is 4.90 Å². The van der Waals surface area contributed by atoms with Gasteiger partial charge in [-0.15, -0.1) is 0 Å². The van der Waals surface area contributed by atoms with E-state index < -0.39 is 5.97 Å². The molecule has 1 aromatic heterocycles. The Balaban J connectivity index is 1.35. The molecule has 1 aromatic carbocycles. The number of piperidine rings is 1. The highest BCUT2D eigenvalue weighted by atomic mass is 16.4. The molecule has 0 atom stereocenters. The highest BCUT2D eigenvalue weighted by Gasteiger charge is 2.41. The lowest BCUT2D eigenvalue weighted by Gasteiger charge is -2.39. The maximum atomic E-state index is 12.6. The second-order valence-electron chi connectivity index (χ2n) is 8.54. The van der Waals surface area contributed by atoms with Crippen LogP contribution in [0.5, 0.6) is 0 Å². The molecule has 3 heterocycles. The predicted octanol–water partition coefficient (Wildman–Crippen LogP) is 3.15. The first-order chi connectivity index (χ1) is 13.9. The normalized spacial score (nSPS) is 19.0. The number of carboxylic acids is 1. The van der Waals surface area contributed by atoms with Crippen molar-refractivity contribution in [2.45, 2.75) is 39.7 Å². The van der Waals surface area contributed by atoms with Crippen LogP contribution in [0.3, 0.4) is 0 Å². The number of carbonyl (C=O) groups excluding carboxylic acids is 1. The van der Waals surface area contributed by atoms with E-state index in [1.807, 2.05) is 0 Å². The first kappa shape index (κ1) is 19.6. The molecule has 0 radical (unpaired) electrons. The van der Waals surface area contributed by atoms with Gasteiger partial charge < -0.3 is 10.0 Å². The smallest absolute Gasteiger partial charge is 0.356 e. The van der Waals surface area contributed by atoms with Gasteiger partial charge in [0.05, 0.1) is 0 Å². The van der Waals surface area contributed by atoms with Crippen molar-refractivity contribution in [3.63, 3.8) is 0 Å². The van der Waals surface area contributed by atoms with E-state index in [2.05, 4.69) is 42.0 Å². The van der Waals surface area contributed by atoms with Crippen LogP contribution in [-0.2, 0) is 6.54 Å². The summed E-state index contributed by atoms with van der Waals surface area (Å²) in [7, 11) is 0. The maximum absolute atomic E-state index is 12.6. The van der Waals surface area contributed by atoms with E-state index in [9.17, 15) is 9.59 Å². The standard InChI is InChI=1S/C22H28N4O3/c1-16-4-3-5-18(17(16)2)14-24-11-7-22(15-24)8-12-25(13-9-22)21(29)26-10-6-19(23-26)20(27)28/h3-6,10H,7-9,11-15H2,1-2H3,(H,27,28). The molecular weight excluding hydrogens is 368 g/mol. The van der Waals surface area contributed by atoms with Gasteiger partial charge in [0.1, 0.15) is 0 Å². The minimum Gasteiger partial charge on any atom is -0.476 e. The molecule has 7 nitrogen and oxygen atoms in total. The largest absolute Gasteiger partial charge is 0.476 e. The van der Waals surface area contributed by atoms with Crippen LogP contribution < -0.4 is 0 Å². The van der Waals surface area contributed by atoms with Crippen molar-refractivity contribution in [2.75, 3.05) is 26.2 Å². The van der Waals surface area contributed by atoms with Crippen LogP contribution in [0.4, 0.5) is 4.79 Å². The quantitative estimate of drug-likeness (QED) is 0.862. The van der Waals surface area contributed by atoms with Gasteiger partial charge in [0, 0.05) is 32.4 Å². The van der Waals surface area contributed by atoms with Gasteiger partial charge in [0.15, 0.2) is 5.69 Å². The average molecular weight is 396 g/mol. The zero-order valence-electron chi connectivity index (χ0n) is 17.1.